The average molecular weight is 260 g/mol. The summed E-state index contributed by atoms with van der Waals surface area (Å²) in [5.41, 5.74) is 2.43. The van der Waals surface area contributed by atoms with Crippen LogP contribution in [0.1, 0.15) is 24.0 Å². The Bertz CT molecular complexity index is 311. The van der Waals surface area contributed by atoms with Crippen molar-refractivity contribution in [2.75, 3.05) is 0 Å². The zero-order valence-corrected chi connectivity index (χ0v) is 10.1. The van der Waals surface area contributed by atoms with Crippen LogP contribution in [0.25, 0.3) is 0 Å². The Morgan fingerprint density at radius 1 is 1.46 bits per heavy atom. The maximum absolute atomic E-state index is 5.86. The van der Waals surface area contributed by atoms with Gasteiger partial charge in [-0.1, -0.05) is 47.1 Å². The van der Waals surface area contributed by atoms with Gasteiger partial charge in [0.05, 0.1) is 0 Å². The molecular formula is C11H12BrCl. The minimum atomic E-state index is 0.206. The van der Waals surface area contributed by atoms with E-state index in [4.69, 9.17) is 11.6 Å². The third-order valence-electron chi connectivity index (χ3n) is 2.03. The van der Waals surface area contributed by atoms with Gasteiger partial charge in [-0.05, 0) is 30.2 Å². The van der Waals surface area contributed by atoms with Crippen molar-refractivity contribution >= 4 is 27.5 Å². The van der Waals surface area contributed by atoms with E-state index < -0.39 is 0 Å². The summed E-state index contributed by atoms with van der Waals surface area (Å²) in [5.74, 6) is 0.206. The Hall–Kier alpha value is -0.270. The van der Waals surface area contributed by atoms with Crippen molar-refractivity contribution in [1.82, 2.24) is 0 Å². The summed E-state index contributed by atoms with van der Waals surface area (Å²) in [5, 5.41) is 0.678. The van der Waals surface area contributed by atoms with Crippen LogP contribution in [-0.4, -0.2) is 0 Å². The van der Waals surface area contributed by atoms with E-state index in [-0.39, 0.29) is 5.92 Å². The fourth-order valence-corrected chi connectivity index (χ4v) is 1.95. The first kappa shape index (κ1) is 10.8. The van der Waals surface area contributed by atoms with E-state index in [0.717, 1.165) is 4.47 Å². The van der Waals surface area contributed by atoms with Gasteiger partial charge in [-0.15, -0.1) is 0 Å². The van der Waals surface area contributed by atoms with Crippen molar-refractivity contribution in [3.05, 3.63) is 45.4 Å². The van der Waals surface area contributed by atoms with Gasteiger partial charge in [-0.2, -0.15) is 0 Å². The second-order valence-corrected chi connectivity index (χ2v) is 4.63. The predicted octanol–water partition coefficient (Wildman–Crippen LogP) is 4.61. The molecule has 0 N–H and O–H groups in total. The monoisotopic (exact) mass is 258 g/mol. The Kier molecular flexibility index (Phi) is 3.57. The van der Waals surface area contributed by atoms with E-state index in [1.54, 1.807) is 0 Å². The van der Waals surface area contributed by atoms with E-state index in [1.807, 2.05) is 0 Å². The van der Waals surface area contributed by atoms with Crippen LogP contribution in [0.3, 0.4) is 0 Å². The molecule has 1 rings (SSSR count). The lowest BCUT2D eigenvalue weighted by Crippen LogP contribution is -1.93. The second-order valence-electron chi connectivity index (χ2n) is 3.23. The quantitative estimate of drug-likeness (QED) is 0.727. The molecule has 1 unspecified atom stereocenters. The maximum atomic E-state index is 5.86. The van der Waals surface area contributed by atoms with Crippen molar-refractivity contribution in [2.45, 2.75) is 19.8 Å². The van der Waals surface area contributed by atoms with Gasteiger partial charge < -0.3 is 0 Å². The van der Waals surface area contributed by atoms with Gasteiger partial charge in [0.1, 0.15) is 0 Å². The van der Waals surface area contributed by atoms with Crippen LogP contribution in [0.2, 0.25) is 0 Å². The average Bonchev–Trinajstić information content (AvgIpc) is 2.01. The van der Waals surface area contributed by atoms with Crippen LogP contribution in [0, 0.1) is 6.92 Å². The third-order valence-corrected chi connectivity index (χ3v) is 2.82. The van der Waals surface area contributed by atoms with E-state index in [0.29, 0.717) is 5.03 Å². The summed E-state index contributed by atoms with van der Waals surface area (Å²) in [6, 6.07) is 6.28. The largest absolute Gasteiger partial charge is 0.0891 e. The molecule has 0 aliphatic heterocycles. The van der Waals surface area contributed by atoms with Gasteiger partial charge in [0.25, 0.3) is 0 Å². The molecule has 1 aromatic rings. The van der Waals surface area contributed by atoms with Crippen LogP contribution in [0.5, 0.6) is 0 Å². The Balaban J connectivity index is 3.07. The fourth-order valence-electron chi connectivity index (χ4n) is 1.20. The van der Waals surface area contributed by atoms with E-state index >= 15 is 0 Å². The molecule has 0 radical (unpaired) electrons. The molecule has 0 heterocycles. The van der Waals surface area contributed by atoms with Crippen molar-refractivity contribution in [2.24, 2.45) is 0 Å². The molecule has 2 heteroatoms. The number of rotatable bonds is 2. The van der Waals surface area contributed by atoms with Gasteiger partial charge in [0, 0.05) is 15.4 Å². The minimum Gasteiger partial charge on any atom is -0.0891 e. The summed E-state index contributed by atoms with van der Waals surface area (Å²) in [6.07, 6.45) is 0. The highest BCUT2D eigenvalue weighted by Crippen LogP contribution is 2.28. The zero-order valence-electron chi connectivity index (χ0n) is 7.77. The summed E-state index contributed by atoms with van der Waals surface area (Å²) < 4.78 is 1.09. The molecule has 0 aliphatic rings. The molecular weight excluding hydrogens is 247 g/mol. The molecule has 70 valence electrons. The van der Waals surface area contributed by atoms with E-state index in [9.17, 15) is 0 Å². The number of halogens is 2. The van der Waals surface area contributed by atoms with Gasteiger partial charge in [0.15, 0.2) is 0 Å². The number of hydrogen-bond acceptors (Lipinski definition) is 0. The maximum Gasteiger partial charge on any atom is 0.0181 e. The molecule has 1 atom stereocenters. The van der Waals surface area contributed by atoms with Crippen molar-refractivity contribution in [1.29, 1.82) is 0 Å². The summed E-state index contributed by atoms with van der Waals surface area (Å²) in [6.45, 7) is 7.86. The van der Waals surface area contributed by atoms with Crippen LogP contribution in [0.4, 0.5) is 0 Å². The number of benzene rings is 1. The van der Waals surface area contributed by atoms with Crippen LogP contribution >= 0.6 is 27.5 Å². The zero-order chi connectivity index (χ0) is 10.0. The minimum absolute atomic E-state index is 0.206. The van der Waals surface area contributed by atoms with Crippen LogP contribution in [-0.2, 0) is 0 Å². The fraction of sp³-hybridized carbons (Fsp3) is 0.273. The Labute approximate surface area is 92.7 Å². The van der Waals surface area contributed by atoms with Gasteiger partial charge in [0.2, 0.25) is 0 Å². The predicted molar refractivity (Wildman–Crippen MR) is 62.3 cm³/mol. The smallest absolute Gasteiger partial charge is 0.0181 e. The number of hydrogen-bond donors (Lipinski definition) is 0. The van der Waals surface area contributed by atoms with Crippen molar-refractivity contribution < 1.29 is 0 Å². The number of aryl methyl sites for hydroxylation is 1. The summed E-state index contributed by atoms with van der Waals surface area (Å²) >= 11 is 9.32. The lowest BCUT2D eigenvalue weighted by atomic mass is 9.99. The first-order valence-corrected chi connectivity index (χ1v) is 5.29. The molecule has 13 heavy (non-hydrogen) atoms. The molecule has 0 saturated carbocycles. The molecule has 0 aromatic heterocycles. The van der Waals surface area contributed by atoms with Crippen molar-refractivity contribution in [3.8, 4) is 0 Å². The molecule has 0 aliphatic carbocycles. The summed E-state index contributed by atoms with van der Waals surface area (Å²) in [7, 11) is 0. The lowest BCUT2D eigenvalue weighted by Gasteiger charge is -2.11. The number of allylic oxidation sites excluding steroid dienone is 1. The van der Waals surface area contributed by atoms with E-state index in [2.05, 4.69) is 54.6 Å². The summed E-state index contributed by atoms with van der Waals surface area (Å²) in [4.78, 5) is 0. The standard InChI is InChI=1S/C11H12BrCl/c1-7-4-10(6-11(12)5-7)8(2)9(3)13/h4-6,8H,3H2,1-2H3. The highest BCUT2D eigenvalue weighted by molar-refractivity contribution is 9.10. The topological polar surface area (TPSA) is 0 Å². The van der Waals surface area contributed by atoms with E-state index in [1.165, 1.54) is 11.1 Å². The molecule has 0 fully saturated rings. The van der Waals surface area contributed by atoms with Crippen LogP contribution in [0.15, 0.2) is 34.3 Å². The normalized spacial score (nSPS) is 12.6. The third kappa shape index (κ3) is 2.85. The van der Waals surface area contributed by atoms with Crippen molar-refractivity contribution in [3.63, 3.8) is 0 Å². The Morgan fingerprint density at radius 2 is 2.08 bits per heavy atom. The molecule has 0 spiro atoms. The highest BCUT2D eigenvalue weighted by Gasteiger charge is 2.08. The lowest BCUT2D eigenvalue weighted by molar-refractivity contribution is 0.947. The molecule has 0 bridgehead atoms. The second kappa shape index (κ2) is 4.30. The molecule has 0 amide bonds. The SMILES string of the molecule is C=C(Cl)C(C)c1cc(C)cc(Br)c1. The molecule has 1 aromatic carbocycles. The van der Waals surface area contributed by atoms with Gasteiger partial charge in [-0.25, -0.2) is 0 Å². The first-order valence-electron chi connectivity index (χ1n) is 4.12. The van der Waals surface area contributed by atoms with Gasteiger partial charge in [-0.3, -0.25) is 0 Å². The first-order chi connectivity index (χ1) is 6.00. The van der Waals surface area contributed by atoms with Gasteiger partial charge >= 0.3 is 0 Å². The molecule has 0 saturated heterocycles. The van der Waals surface area contributed by atoms with Crippen LogP contribution < -0.4 is 0 Å². The Morgan fingerprint density at radius 3 is 2.54 bits per heavy atom. The highest BCUT2D eigenvalue weighted by atomic mass is 79.9. The molecule has 0 nitrogen and oxygen atoms in total.